The molecule has 248 valence electrons. The molecule has 43 heavy (non-hydrogen) atoms. The van der Waals surface area contributed by atoms with Crippen molar-refractivity contribution in [2.24, 2.45) is 5.41 Å². The fraction of sp³-hybridized carbons (Fsp3) is 0.857. The topological polar surface area (TPSA) is 97.0 Å². The zero-order chi connectivity index (χ0) is 31.6. The van der Waals surface area contributed by atoms with Gasteiger partial charge in [0.1, 0.15) is 6.10 Å². The number of nitrogens with zero attached hydrogens (tertiary/aromatic N) is 1. The third-order valence-corrected chi connectivity index (χ3v) is 8.68. The highest BCUT2D eigenvalue weighted by molar-refractivity contribution is 5.83. The van der Waals surface area contributed by atoms with Crippen molar-refractivity contribution in [2.75, 3.05) is 26.2 Å². The summed E-state index contributed by atoms with van der Waals surface area (Å²) in [6, 6.07) is 0.0628. The van der Waals surface area contributed by atoms with Crippen molar-refractivity contribution in [1.82, 2.24) is 15.5 Å². The average Bonchev–Trinajstić information content (AvgIpc) is 3.44. The maximum Gasteiger partial charge on any atom is 0.249 e. The lowest BCUT2D eigenvalue weighted by Gasteiger charge is -2.44. The molecule has 0 aromatic carbocycles. The van der Waals surface area contributed by atoms with Crippen molar-refractivity contribution in [1.29, 1.82) is 0 Å². The molecule has 2 N–H and O–H groups in total. The van der Waals surface area contributed by atoms with Gasteiger partial charge in [-0.2, -0.15) is 0 Å². The van der Waals surface area contributed by atoms with Crippen LogP contribution in [0.3, 0.4) is 0 Å². The third-order valence-electron chi connectivity index (χ3n) is 8.68. The molecule has 0 aromatic rings. The second-order valence-electron chi connectivity index (χ2n) is 13.7. The van der Waals surface area contributed by atoms with Crippen LogP contribution in [0.4, 0.5) is 0 Å². The number of nitrogens with one attached hydrogen (secondary N) is 2. The minimum atomic E-state index is -0.816. The fourth-order valence-electron chi connectivity index (χ4n) is 5.90. The molecular weight excluding hydrogens is 542 g/mol. The van der Waals surface area contributed by atoms with E-state index in [1.807, 2.05) is 18.7 Å². The smallest absolute Gasteiger partial charge is 0.249 e. The molecular formula is C35H63N3O5. The van der Waals surface area contributed by atoms with Gasteiger partial charge in [-0.25, -0.2) is 0 Å². The lowest BCUT2D eigenvalue weighted by molar-refractivity contribution is -0.304. The van der Waals surface area contributed by atoms with E-state index in [1.54, 1.807) is 13.8 Å². The molecule has 8 heteroatoms. The highest BCUT2D eigenvalue weighted by Gasteiger charge is 2.45. The van der Waals surface area contributed by atoms with Crippen molar-refractivity contribution < 1.29 is 23.9 Å². The summed E-state index contributed by atoms with van der Waals surface area (Å²) >= 11 is 0. The molecule has 2 aliphatic rings. The van der Waals surface area contributed by atoms with Gasteiger partial charge in [-0.1, -0.05) is 84.3 Å². The Kier molecular flexibility index (Phi) is 17.5. The van der Waals surface area contributed by atoms with Crippen LogP contribution in [0.5, 0.6) is 0 Å². The van der Waals surface area contributed by atoms with E-state index in [4.69, 9.17) is 9.47 Å². The summed E-state index contributed by atoms with van der Waals surface area (Å²) in [6.07, 6.45) is 23.0. The summed E-state index contributed by atoms with van der Waals surface area (Å²) < 4.78 is 11.5. The Hall–Kier alpha value is -1.93. The van der Waals surface area contributed by atoms with Crippen LogP contribution >= 0.6 is 0 Å². The van der Waals surface area contributed by atoms with Crippen LogP contribution in [-0.2, 0) is 23.9 Å². The highest BCUT2D eigenvalue weighted by atomic mass is 16.7. The molecule has 2 fully saturated rings. The van der Waals surface area contributed by atoms with Gasteiger partial charge in [0.05, 0.1) is 6.61 Å². The van der Waals surface area contributed by atoms with Crippen molar-refractivity contribution in [3.63, 3.8) is 0 Å². The molecule has 3 amide bonds. The molecule has 8 nitrogen and oxygen atoms in total. The minimum Gasteiger partial charge on any atom is -0.354 e. The van der Waals surface area contributed by atoms with Crippen molar-refractivity contribution >= 4 is 17.7 Å². The molecule has 1 unspecified atom stereocenters. The van der Waals surface area contributed by atoms with Crippen LogP contribution < -0.4 is 10.6 Å². The van der Waals surface area contributed by atoms with Crippen LogP contribution in [0, 0.1) is 5.41 Å². The summed E-state index contributed by atoms with van der Waals surface area (Å²) in [6.45, 7) is 11.6. The molecule has 2 heterocycles. The Morgan fingerprint density at radius 1 is 0.837 bits per heavy atom. The number of rotatable bonds is 21. The average molecular weight is 606 g/mol. The number of hydrogen-bond donors (Lipinski definition) is 2. The monoisotopic (exact) mass is 605 g/mol. The van der Waals surface area contributed by atoms with Crippen LogP contribution in [0.15, 0.2) is 12.2 Å². The van der Waals surface area contributed by atoms with E-state index in [2.05, 4.69) is 29.7 Å². The number of allylic oxidation sites excluding steroid dienone is 2. The zero-order valence-corrected chi connectivity index (χ0v) is 28.1. The van der Waals surface area contributed by atoms with E-state index < -0.39 is 17.3 Å². The van der Waals surface area contributed by atoms with Gasteiger partial charge in [-0.3, -0.25) is 14.4 Å². The molecule has 0 aliphatic carbocycles. The summed E-state index contributed by atoms with van der Waals surface area (Å²) in [5.41, 5.74) is -0.454. The van der Waals surface area contributed by atoms with Gasteiger partial charge in [0, 0.05) is 43.9 Å². The Morgan fingerprint density at radius 2 is 1.47 bits per heavy atom. The molecule has 2 atom stereocenters. The van der Waals surface area contributed by atoms with Gasteiger partial charge in [0.25, 0.3) is 0 Å². The summed E-state index contributed by atoms with van der Waals surface area (Å²) in [7, 11) is 0. The molecule has 2 rings (SSSR count). The lowest BCUT2D eigenvalue weighted by Crippen LogP contribution is -2.56. The first-order chi connectivity index (χ1) is 20.6. The first kappa shape index (κ1) is 37.3. The number of carbonyl (C=O) groups is 3. The summed E-state index contributed by atoms with van der Waals surface area (Å²) in [4.78, 5) is 40.0. The normalized spacial score (nSPS) is 21.3. The maximum atomic E-state index is 12.9. The predicted octanol–water partition coefficient (Wildman–Crippen LogP) is 6.82. The van der Waals surface area contributed by atoms with Crippen LogP contribution in [0.25, 0.3) is 0 Å². The minimum absolute atomic E-state index is 0.0628. The van der Waals surface area contributed by atoms with E-state index in [9.17, 15) is 14.4 Å². The SMILES string of the molecule is CCCCCCCCC=CCCCCCCCC(=O)N1CCCC1CNC(=O)CCNC(=O)[C@@H]1OC(C)(C)OCC1(C)C. The van der Waals surface area contributed by atoms with Crippen LogP contribution in [0.1, 0.15) is 144 Å². The molecule has 2 saturated heterocycles. The largest absolute Gasteiger partial charge is 0.354 e. The van der Waals surface area contributed by atoms with E-state index >= 15 is 0 Å². The first-order valence-corrected chi connectivity index (χ1v) is 17.4. The third kappa shape index (κ3) is 15.1. The second-order valence-corrected chi connectivity index (χ2v) is 13.7. The van der Waals surface area contributed by atoms with E-state index in [1.165, 1.54) is 70.6 Å². The molecule has 0 aromatic heterocycles. The molecule has 2 aliphatic heterocycles. The molecule has 0 spiro atoms. The number of likely N-dealkylation sites (tertiary alicyclic amines) is 1. The van der Waals surface area contributed by atoms with Gasteiger partial charge in [0.2, 0.25) is 17.7 Å². The molecule has 0 radical (unpaired) electrons. The van der Waals surface area contributed by atoms with Gasteiger partial charge in [-0.15, -0.1) is 0 Å². The van der Waals surface area contributed by atoms with E-state index in [-0.39, 0.29) is 36.7 Å². The maximum absolute atomic E-state index is 12.9. The Balaban J connectivity index is 1.51. The summed E-state index contributed by atoms with van der Waals surface area (Å²) in [5.74, 6) is -0.950. The molecule has 0 saturated carbocycles. The number of hydrogen-bond acceptors (Lipinski definition) is 5. The quantitative estimate of drug-likeness (QED) is 0.111. The number of unbranched alkanes of at least 4 members (excludes halogenated alkanes) is 11. The van der Waals surface area contributed by atoms with Crippen molar-refractivity contribution in [2.45, 2.75) is 162 Å². The predicted molar refractivity (Wildman–Crippen MR) is 174 cm³/mol. The van der Waals surface area contributed by atoms with Crippen molar-refractivity contribution in [3.8, 4) is 0 Å². The lowest BCUT2D eigenvalue weighted by atomic mass is 9.85. The Labute approximate surface area is 262 Å². The highest BCUT2D eigenvalue weighted by Crippen LogP contribution is 2.34. The van der Waals surface area contributed by atoms with E-state index in [0.29, 0.717) is 19.6 Å². The van der Waals surface area contributed by atoms with Gasteiger partial charge < -0.3 is 25.0 Å². The number of ether oxygens (including phenoxy) is 2. The van der Waals surface area contributed by atoms with Gasteiger partial charge >= 0.3 is 0 Å². The van der Waals surface area contributed by atoms with Crippen LogP contribution in [-0.4, -0.2) is 66.8 Å². The van der Waals surface area contributed by atoms with E-state index in [0.717, 1.165) is 32.2 Å². The van der Waals surface area contributed by atoms with Crippen molar-refractivity contribution in [3.05, 3.63) is 12.2 Å². The second kappa shape index (κ2) is 20.2. The van der Waals surface area contributed by atoms with Gasteiger partial charge in [-0.05, 0) is 58.8 Å². The van der Waals surface area contributed by atoms with Crippen LogP contribution in [0.2, 0.25) is 0 Å². The zero-order valence-electron chi connectivity index (χ0n) is 28.1. The standard InChI is InChI=1S/C35H63N3O5/c1-6-7-8-9-10-11-12-13-14-15-16-17-18-19-20-23-31(40)38-26-21-22-29(38)27-37-30(39)24-25-36-33(41)32-34(2,3)28-42-35(4,5)43-32/h13-14,29,32H,6-12,15-28H2,1-5H3,(H,36,41)(H,37,39)/t29?,32-/m0/s1. The summed E-state index contributed by atoms with van der Waals surface area (Å²) in [5, 5.41) is 5.82. The number of carbonyl (C=O) groups excluding carboxylic acids is 3. The first-order valence-electron chi connectivity index (χ1n) is 17.4. The Morgan fingerprint density at radius 3 is 2.14 bits per heavy atom. The fourth-order valence-corrected chi connectivity index (χ4v) is 5.90. The Bertz CT molecular complexity index is 856. The van der Waals surface area contributed by atoms with Gasteiger partial charge in [0.15, 0.2) is 5.79 Å². The number of amides is 3. The molecule has 0 bridgehead atoms.